The van der Waals surface area contributed by atoms with Crippen LogP contribution in [0.2, 0.25) is 0 Å². The normalized spacial score (nSPS) is 11.3. The topological polar surface area (TPSA) is 55.6 Å². The van der Waals surface area contributed by atoms with Crippen LogP contribution >= 0.6 is 0 Å². The lowest BCUT2D eigenvalue weighted by atomic mass is 10.2. The number of nitrogens with two attached hydrogens (primary N) is 1. The Balaban J connectivity index is 4.12. The van der Waals surface area contributed by atoms with Gasteiger partial charge in [0.15, 0.2) is 0 Å². The molecule has 0 bridgehead atoms. The average Bonchev–Trinajstić information content (AvgIpc) is 2.14. The van der Waals surface area contributed by atoms with Crippen LogP contribution in [-0.4, -0.2) is 42.9 Å². The molecular weight excluding hydrogens is 211 g/mol. The van der Waals surface area contributed by atoms with E-state index in [0.717, 1.165) is 12.8 Å². The van der Waals surface area contributed by atoms with Crippen molar-refractivity contribution in [3.8, 4) is 0 Å². The molecule has 0 radical (unpaired) electrons. The van der Waals surface area contributed by atoms with Gasteiger partial charge in [-0.1, -0.05) is 0 Å². The summed E-state index contributed by atoms with van der Waals surface area (Å²) in [4.78, 5) is 13.0. The minimum atomic E-state index is -0.554. The number of hydrogen-bond donors (Lipinski definition) is 1. The van der Waals surface area contributed by atoms with Gasteiger partial charge in [0.1, 0.15) is 12.3 Å². The number of nitrogens with zero attached hydrogens (tertiary/aromatic N) is 1. The number of rotatable bonds is 6. The molecule has 0 saturated heterocycles. The Hall–Kier alpha value is -0.840. The molecule has 0 aromatic rings. The summed E-state index contributed by atoms with van der Waals surface area (Å²) in [7, 11) is 0. The Morgan fingerprint density at radius 3 is 2.38 bits per heavy atom. The van der Waals surface area contributed by atoms with E-state index in [0.29, 0.717) is 13.1 Å². The van der Waals surface area contributed by atoms with Crippen LogP contribution in [-0.2, 0) is 4.74 Å². The van der Waals surface area contributed by atoms with Gasteiger partial charge in [0, 0.05) is 6.54 Å². The van der Waals surface area contributed by atoms with Crippen LogP contribution in [0, 0.1) is 0 Å². The van der Waals surface area contributed by atoms with Gasteiger partial charge in [0.05, 0.1) is 6.54 Å². The molecule has 0 atom stereocenters. The standard InChI is InChI=1S/C11H23FN2O2/c1-11(2,3)16-10(15)14(9-6-12)8-5-4-7-13/h4-9,13H2,1-3H3. The zero-order valence-electron chi connectivity index (χ0n) is 10.5. The van der Waals surface area contributed by atoms with Gasteiger partial charge in [-0.25, -0.2) is 9.18 Å². The predicted octanol–water partition coefficient (Wildman–Crippen LogP) is 1.93. The summed E-state index contributed by atoms with van der Waals surface area (Å²) in [5.74, 6) is 0. The summed E-state index contributed by atoms with van der Waals surface area (Å²) >= 11 is 0. The zero-order chi connectivity index (χ0) is 12.6. The van der Waals surface area contributed by atoms with E-state index in [2.05, 4.69) is 0 Å². The number of hydrogen-bond acceptors (Lipinski definition) is 3. The fourth-order valence-corrected chi connectivity index (χ4v) is 1.17. The Bertz CT molecular complexity index is 205. The lowest BCUT2D eigenvalue weighted by Crippen LogP contribution is -2.38. The Kier molecular flexibility index (Phi) is 7.05. The van der Waals surface area contributed by atoms with Gasteiger partial charge >= 0.3 is 6.09 Å². The molecule has 0 saturated carbocycles. The summed E-state index contributed by atoms with van der Waals surface area (Å²) in [6.45, 7) is 5.98. The minimum absolute atomic E-state index is 0.0828. The summed E-state index contributed by atoms with van der Waals surface area (Å²) in [6, 6.07) is 0. The highest BCUT2D eigenvalue weighted by atomic mass is 19.1. The first-order valence-corrected chi connectivity index (χ1v) is 5.64. The van der Waals surface area contributed by atoms with Crippen molar-refractivity contribution in [2.24, 2.45) is 5.73 Å². The third-order valence-corrected chi connectivity index (χ3v) is 1.89. The molecule has 0 rings (SSSR count). The molecule has 16 heavy (non-hydrogen) atoms. The number of unbranched alkanes of at least 4 members (excludes halogenated alkanes) is 1. The van der Waals surface area contributed by atoms with Gasteiger partial charge in [-0.15, -0.1) is 0 Å². The van der Waals surface area contributed by atoms with Gasteiger partial charge in [-0.2, -0.15) is 0 Å². The molecule has 0 aliphatic rings. The van der Waals surface area contributed by atoms with Crippen molar-refractivity contribution >= 4 is 6.09 Å². The largest absolute Gasteiger partial charge is 0.444 e. The number of amides is 1. The van der Waals surface area contributed by atoms with Crippen LogP contribution in [0.5, 0.6) is 0 Å². The summed E-state index contributed by atoms with van der Waals surface area (Å²) in [6.07, 6.45) is 1.14. The van der Waals surface area contributed by atoms with E-state index in [1.165, 1.54) is 4.90 Å². The minimum Gasteiger partial charge on any atom is -0.444 e. The Morgan fingerprint density at radius 1 is 1.31 bits per heavy atom. The second-order valence-electron chi connectivity index (χ2n) is 4.65. The number of ether oxygens (including phenoxy) is 1. The molecule has 0 aromatic heterocycles. The quantitative estimate of drug-likeness (QED) is 0.714. The first-order valence-electron chi connectivity index (χ1n) is 5.64. The number of carbonyl (C=O) groups excluding carboxylic acids is 1. The van der Waals surface area contributed by atoms with E-state index >= 15 is 0 Å². The highest BCUT2D eigenvalue weighted by Crippen LogP contribution is 2.10. The first-order chi connectivity index (χ1) is 7.40. The SMILES string of the molecule is CC(C)(C)OC(=O)N(CCF)CCCCN. The molecule has 2 N–H and O–H groups in total. The van der Waals surface area contributed by atoms with Crippen molar-refractivity contribution < 1.29 is 13.9 Å². The molecule has 0 unspecified atom stereocenters. The molecule has 0 aliphatic heterocycles. The van der Waals surface area contributed by atoms with E-state index in [1.807, 2.05) is 0 Å². The second kappa shape index (κ2) is 7.44. The molecular formula is C11H23FN2O2. The molecule has 96 valence electrons. The van der Waals surface area contributed by atoms with Gasteiger partial charge in [0.2, 0.25) is 0 Å². The molecule has 0 aliphatic carbocycles. The fraction of sp³-hybridized carbons (Fsp3) is 0.909. The molecule has 0 heterocycles. The third-order valence-electron chi connectivity index (χ3n) is 1.89. The maximum atomic E-state index is 12.3. The molecule has 0 fully saturated rings. The van der Waals surface area contributed by atoms with Crippen molar-refractivity contribution in [2.45, 2.75) is 39.2 Å². The molecule has 0 aromatic carbocycles. The molecule has 5 heteroatoms. The number of halogens is 1. The third kappa shape index (κ3) is 7.45. The fourth-order valence-electron chi connectivity index (χ4n) is 1.17. The zero-order valence-corrected chi connectivity index (χ0v) is 10.5. The maximum absolute atomic E-state index is 12.3. The van der Waals surface area contributed by atoms with Crippen molar-refractivity contribution in [1.29, 1.82) is 0 Å². The summed E-state index contributed by atoms with van der Waals surface area (Å²) in [5, 5.41) is 0. The molecule has 4 nitrogen and oxygen atoms in total. The average molecular weight is 234 g/mol. The Labute approximate surface area is 96.9 Å². The number of carbonyl (C=O) groups is 1. The van der Waals surface area contributed by atoms with E-state index in [4.69, 9.17) is 10.5 Å². The van der Waals surface area contributed by atoms with Gasteiger partial charge in [-0.3, -0.25) is 0 Å². The monoisotopic (exact) mass is 234 g/mol. The van der Waals surface area contributed by atoms with Crippen molar-refractivity contribution in [2.75, 3.05) is 26.3 Å². The first kappa shape index (κ1) is 15.2. The Morgan fingerprint density at radius 2 is 1.94 bits per heavy atom. The van der Waals surface area contributed by atoms with Crippen molar-refractivity contribution in [3.63, 3.8) is 0 Å². The summed E-state index contributed by atoms with van der Waals surface area (Å²) in [5.41, 5.74) is 4.82. The molecule has 1 amide bonds. The van der Waals surface area contributed by atoms with Gasteiger partial charge in [0.25, 0.3) is 0 Å². The van der Waals surface area contributed by atoms with E-state index in [1.54, 1.807) is 20.8 Å². The van der Waals surface area contributed by atoms with Crippen LogP contribution in [0.15, 0.2) is 0 Å². The lowest BCUT2D eigenvalue weighted by molar-refractivity contribution is 0.0236. The van der Waals surface area contributed by atoms with Crippen molar-refractivity contribution in [3.05, 3.63) is 0 Å². The van der Waals surface area contributed by atoms with Crippen LogP contribution in [0.3, 0.4) is 0 Å². The summed E-state index contributed by atoms with van der Waals surface area (Å²) < 4.78 is 17.4. The van der Waals surface area contributed by atoms with E-state index < -0.39 is 18.4 Å². The highest BCUT2D eigenvalue weighted by Gasteiger charge is 2.21. The van der Waals surface area contributed by atoms with Crippen molar-refractivity contribution in [1.82, 2.24) is 4.90 Å². The van der Waals surface area contributed by atoms with Crippen LogP contribution in [0.25, 0.3) is 0 Å². The van der Waals surface area contributed by atoms with E-state index in [9.17, 15) is 9.18 Å². The number of alkyl halides is 1. The lowest BCUT2D eigenvalue weighted by Gasteiger charge is -2.26. The van der Waals surface area contributed by atoms with Gasteiger partial charge in [-0.05, 0) is 40.2 Å². The second-order valence-corrected chi connectivity index (χ2v) is 4.65. The van der Waals surface area contributed by atoms with E-state index in [-0.39, 0.29) is 6.54 Å². The van der Waals surface area contributed by atoms with Gasteiger partial charge < -0.3 is 15.4 Å². The predicted molar refractivity (Wildman–Crippen MR) is 62.1 cm³/mol. The highest BCUT2D eigenvalue weighted by molar-refractivity contribution is 5.68. The van der Waals surface area contributed by atoms with Crippen LogP contribution in [0.1, 0.15) is 33.6 Å². The smallest absolute Gasteiger partial charge is 0.410 e. The van der Waals surface area contributed by atoms with Crippen LogP contribution < -0.4 is 5.73 Å². The van der Waals surface area contributed by atoms with Crippen LogP contribution in [0.4, 0.5) is 9.18 Å². The maximum Gasteiger partial charge on any atom is 0.410 e. The molecule has 0 spiro atoms.